The quantitative estimate of drug-likeness (QED) is 0.462. The van der Waals surface area contributed by atoms with Crippen LogP contribution in [0.5, 0.6) is 0 Å². The number of halogens is 1. The van der Waals surface area contributed by atoms with Crippen molar-refractivity contribution in [3.63, 3.8) is 0 Å². The highest BCUT2D eigenvalue weighted by atomic mass is 35.5. The van der Waals surface area contributed by atoms with E-state index < -0.39 is 5.91 Å². The van der Waals surface area contributed by atoms with Crippen LogP contribution >= 0.6 is 11.6 Å². The SMILES string of the molecule is Cc1c(N=C(N)CCl)cccc1C(N)=O. The van der Waals surface area contributed by atoms with Gasteiger partial charge in [-0.05, 0) is 24.6 Å². The van der Waals surface area contributed by atoms with E-state index in [2.05, 4.69) is 4.99 Å². The predicted octanol–water partition coefficient (Wildman–Crippen LogP) is 1.32. The van der Waals surface area contributed by atoms with Crippen molar-refractivity contribution < 1.29 is 4.79 Å². The molecule has 0 heterocycles. The summed E-state index contributed by atoms with van der Waals surface area (Å²) in [5.41, 5.74) is 12.5. The minimum atomic E-state index is -0.478. The van der Waals surface area contributed by atoms with Crippen LogP contribution in [0.15, 0.2) is 23.2 Å². The fourth-order valence-corrected chi connectivity index (χ4v) is 1.26. The number of hydrogen-bond donors (Lipinski definition) is 2. The second-order valence-electron chi connectivity index (χ2n) is 3.05. The molecule has 0 fully saturated rings. The second kappa shape index (κ2) is 4.79. The molecule has 15 heavy (non-hydrogen) atoms. The summed E-state index contributed by atoms with van der Waals surface area (Å²) in [7, 11) is 0. The summed E-state index contributed by atoms with van der Waals surface area (Å²) < 4.78 is 0. The van der Waals surface area contributed by atoms with Crippen LogP contribution in [-0.2, 0) is 0 Å². The van der Waals surface area contributed by atoms with Crippen LogP contribution in [-0.4, -0.2) is 17.6 Å². The van der Waals surface area contributed by atoms with Gasteiger partial charge in [0.15, 0.2) is 0 Å². The minimum absolute atomic E-state index is 0.153. The standard InChI is InChI=1S/C10H12ClN3O/c1-6-7(10(13)15)3-2-4-8(6)14-9(12)5-11/h2-4H,5H2,1H3,(H2,12,14)(H2,13,15). The van der Waals surface area contributed by atoms with Gasteiger partial charge in [-0.2, -0.15) is 0 Å². The van der Waals surface area contributed by atoms with Crippen molar-refractivity contribution in [2.75, 3.05) is 5.88 Å². The molecule has 4 nitrogen and oxygen atoms in total. The first-order chi connectivity index (χ1) is 7.06. The molecular formula is C10H12ClN3O. The number of amides is 1. The number of rotatable bonds is 3. The molecule has 80 valence electrons. The van der Waals surface area contributed by atoms with Gasteiger partial charge in [-0.25, -0.2) is 4.99 Å². The van der Waals surface area contributed by atoms with Crippen molar-refractivity contribution in [1.82, 2.24) is 0 Å². The lowest BCUT2D eigenvalue weighted by atomic mass is 10.1. The van der Waals surface area contributed by atoms with Gasteiger partial charge in [0.25, 0.3) is 0 Å². The molecule has 0 saturated heterocycles. The summed E-state index contributed by atoms with van der Waals surface area (Å²) in [6.45, 7) is 1.76. The van der Waals surface area contributed by atoms with Gasteiger partial charge in [0, 0.05) is 5.56 Å². The molecule has 0 aliphatic heterocycles. The Morgan fingerprint density at radius 2 is 2.13 bits per heavy atom. The van der Waals surface area contributed by atoms with Crippen LogP contribution in [0.25, 0.3) is 0 Å². The molecule has 1 aromatic carbocycles. The Hall–Kier alpha value is -1.55. The molecule has 0 bridgehead atoms. The molecule has 5 heteroatoms. The Labute approximate surface area is 92.9 Å². The normalized spacial score (nSPS) is 11.5. The van der Waals surface area contributed by atoms with Crippen LogP contribution in [0.4, 0.5) is 5.69 Å². The van der Waals surface area contributed by atoms with Gasteiger partial charge in [0.2, 0.25) is 5.91 Å². The van der Waals surface area contributed by atoms with Crippen LogP contribution in [0.2, 0.25) is 0 Å². The average molecular weight is 226 g/mol. The third-order valence-corrected chi connectivity index (χ3v) is 2.25. The topological polar surface area (TPSA) is 81.5 Å². The number of carbonyl (C=O) groups is 1. The molecule has 1 aromatic rings. The molecule has 1 amide bonds. The van der Waals surface area contributed by atoms with Crippen molar-refractivity contribution >= 4 is 29.0 Å². The second-order valence-corrected chi connectivity index (χ2v) is 3.32. The molecule has 0 aliphatic rings. The lowest BCUT2D eigenvalue weighted by Gasteiger charge is -2.05. The lowest BCUT2D eigenvalue weighted by Crippen LogP contribution is -2.14. The number of benzene rings is 1. The summed E-state index contributed by atoms with van der Waals surface area (Å²) in [5.74, 6) is -0.0179. The average Bonchev–Trinajstić information content (AvgIpc) is 2.20. The molecule has 0 atom stereocenters. The number of aliphatic imine (C=N–C) groups is 1. The van der Waals surface area contributed by atoms with Crippen LogP contribution < -0.4 is 11.5 Å². The molecule has 0 aliphatic carbocycles. The first-order valence-electron chi connectivity index (χ1n) is 4.34. The lowest BCUT2D eigenvalue weighted by molar-refractivity contribution is 0.1000. The van der Waals surface area contributed by atoms with Crippen molar-refractivity contribution in [2.45, 2.75) is 6.92 Å². The largest absolute Gasteiger partial charge is 0.386 e. The third kappa shape index (κ3) is 2.70. The van der Waals surface area contributed by atoms with E-state index in [1.807, 2.05) is 0 Å². The van der Waals surface area contributed by atoms with Crippen molar-refractivity contribution in [1.29, 1.82) is 0 Å². The van der Waals surface area contributed by atoms with E-state index in [1.54, 1.807) is 25.1 Å². The highest BCUT2D eigenvalue weighted by Crippen LogP contribution is 2.21. The van der Waals surface area contributed by atoms with Gasteiger partial charge in [-0.1, -0.05) is 6.07 Å². The summed E-state index contributed by atoms with van der Waals surface area (Å²) in [5, 5.41) is 0. The van der Waals surface area contributed by atoms with E-state index in [0.717, 1.165) is 0 Å². The Kier molecular flexibility index (Phi) is 3.68. The highest BCUT2D eigenvalue weighted by molar-refractivity contribution is 6.28. The maximum absolute atomic E-state index is 11.0. The Morgan fingerprint density at radius 3 is 2.67 bits per heavy atom. The third-order valence-electron chi connectivity index (χ3n) is 1.97. The van der Waals surface area contributed by atoms with Gasteiger partial charge in [-0.15, -0.1) is 11.6 Å². The van der Waals surface area contributed by atoms with Gasteiger partial charge >= 0.3 is 0 Å². The number of nitrogens with two attached hydrogens (primary N) is 2. The Morgan fingerprint density at radius 1 is 1.47 bits per heavy atom. The number of alkyl halides is 1. The molecule has 0 unspecified atom stereocenters. The molecule has 4 N–H and O–H groups in total. The molecule has 0 spiro atoms. The van der Waals surface area contributed by atoms with E-state index in [4.69, 9.17) is 23.1 Å². The Bertz CT molecular complexity index is 415. The zero-order chi connectivity index (χ0) is 11.4. The van der Waals surface area contributed by atoms with Crippen LogP contribution in [0, 0.1) is 6.92 Å². The van der Waals surface area contributed by atoms with Gasteiger partial charge in [0.1, 0.15) is 5.84 Å². The fraction of sp³-hybridized carbons (Fsp3) is 0.200. The number of primary amides is 1. The van der Waals surface area contributed by atoms with Gasteiger partial charge in [0.05, 0.1) is 11.6 Å². The molecule has 0 aromatic heterocycles. The monoisotopic (exact) mass is 225 g/mol. The van der Waals surface area contributed by atoms with Crippen LogP contribution in [0.1, 0.15) is 15.9 Å². The molecule has 0 radical (unpaired) electrons. The maximum atomic E-state index is 11.0. The van der Waals surface area contributed by atoms with E-state index in [0.29, 0.717) is 22.6 Å². The van der Waals surface area contributed by atoms with Crippen molar-refractivity contribution in [3.05, 3.63) is 29.3 Å². The van der Waals surface area contributed by atoms with E-state index in [-0.39, 0.29) is 5.88 Å². The molecule has 0 saturated carbocycles. The first kappa shape index (κ1) is 11.5. The Balaban J connectivity index is 3.21. The summed E-state index contributed by atoms with van der Waals surface area (Å²) in [6, 6.07) is 5.10. The number of hydrogen-bond acceptors (Lipinski definition) is 2. The van der Waals surface area contributed by atoms with Gasteiger partial charge < -0.3 is 11.5 Å². The summed E-state index contributed by atoms with van der Waals surface area (Å²) in [6.07, 6.45) is 0. The summed E-state index contributed by atoms with van der Waals surface area (Å²) in [4.78, 5) is 15.1. The highest BCUT2D eigenvalue weighted by Gasteiger charge is 2.07. The smallest absolute Gasteiger partial charge is 0.249 e. The minimum Gasteiger partial charge on any atom is -0.386 e. The van der Waals surface area contributed by atoms with Crippen molar-refractivity contribution in [2.24, 2.45) is 16.5 Å². The molecule has 1 rings (SSSR count). The fourth-order valence-electron chi connectivity index (χ4n) is 1.20. The van der Waals surface area contributed by atoms with E-state index >= 15 is 0 Å². The van der Waals surface area contributed by atoms with Gasteiger partial charge in [-0.3, -0.25) is 4.79 Å². The number of amidine groups is 1. The molecular weight excluding hydrogens is 214 g/mol. The summed E-state index contributed by atoms with van der Waals surface area (Å²) >= 11 is 5.51. The van der Waals surface area contributed by atoms with E-state index in [9.17, 15) is 4.79 Å². The predicted molar refractivity (Wildman–Crippen MR) is 61.7 cm³/mol. The van der Waals surface area contributed by atoms with Crippen LogP contribution in [0.3, 0.4) is 0 Å². The zero-order valence-corrected chi connectivity index (χ0v) is 9.08. The number of carbonyl (C=O) groups excluding carboxylic acids is 1. The van der Waals surface area contributed by atoms with E-state index in [1.165, 1.54) is 0 Å². The zero-order valence-electron chi connectivity index (χ0n) is 8.33. The number of nitrogens with zero attached hydrogens (tertiary/aromatic N) is 1. The maximum Gasteiger partial charge on any atom is 0.249 e. The first-order valence-corrected chi connectivity index (χ1v) is 4.88. The van der Waals surface area contributed by atoms with Crippen molar-refractivity contribution in [3.8, 4) is 0 Å².